The smallest absolute Gasteiger partial charge is 0.128 e. The Morgan fingerprint density at radius 3 is 2.28 bits per heavy atom. The minimum atomic E-state index is 0.483. The van der Waals surface area contributed by atoms with Crippen LogP contribution in [0.2, 0.25) is 0 Å². The molecule has 2 atom stereocenters. The van der Waals surface area contributed by atoms with E-state index < -0.39 is 0 Å². The van der Waals surface area contributed by atoms with Crippen molar-refractivity contribution in [2.45, 2.75) is 47.1 Å². The average molecular weight is 249 g/mol. The molecule has 0 radical (unpaired) electrons. The largest absolute Gasteiger partial charge is 0.381 e. The molecule has 102 valence electrons. The highest BCUT2D eigenvalue weighted by molar-refractivity contribution is 5.49. The van der Waals surface area contributed by atoms with Gasteiger partial charge in [0.05, 0.1) is 11.9 Å². The third kappa shape index (κ3) is 3.90. The van der Waals surface area contributed by atoms with Gasteiger partial charge < -0.3 is 10.2 Å². The zero-order chi connectivity index (χ0) is 13.5. The van der Waals surface area contributed by atoms with Crippen LogP contribution in [0, 0.1) is 5.92 Å². The maximum absolute atomic E-state index is 4.52. The van der Waals surface area contributed by atoms with Crippen LogP contribution in [-0.2, 0) is 0 Å². The van der Waals surface area contributed by atoms with E-state index in [0.29, 0.717) is 12.0 Å². The van der Waals surface area contributed by atoms with E-state index in [0.717, 1.165) is 24.6 Å². The van der Waals surface area contributed by atoms with E-state index in [1.165, 1.54) is 6.42 Å². The molecule has 1 N–H and O–H groups in total. The van der Waals surface area contributed by atoms with Gasteiger partial charge in [-0.25, -0.2) is 4.98 Å². The third-order valence-corrected chi connectivity index (χ3v) is 3.73. The first kappa shape index (κ1) is 14.8. The summed E-state index contributed by atoms with van der Waals surface area (Å²) in [5, 5.41) is 3.51. The van der Waals surface area contributed by atoms with Crippen LogP contribution in [0.1, 0.15) is 41.0 Å². The fourth-order valence-corrected chi connectivity index (χ4v) is 1.96. The van der Waals surface area contributed by atoms with E-state index in [4.69, 9.17) is 0 Å². The normalized spacial score (nSPS) is 14.1. The number of rotatable bonds is 7. The Morgan fingerprint density at radius 2 is 1.83 bits per heavy atom. The van der Waals surface area contributed by atoms with Gasteiger partial charge in [0.25, 0.3) is 0 Å². The highest BCUT2D eigenvalue weighted by Gasteiger charge is 2.10. The Labute approximate surface area is 112 Å². The Balaban J connectivity index is 2.65. The molecule has 0 spiro atoms. The molecule has 0 saturated carbocycles. The minimum Gasteiger partial charge on any atom is -0.381 e. The SMILES string of the molecule is CCC(C)C(C)Nc1ccc(N(CC)CC)nc1. The van der Waals surface area contributed by atoms with Crippen molar-refractivity contribution in [2.75, 3.05) is 23.3 Å². The summed E-state index contributed by atoms with van der Waals surface area (Å²) < 4.78 is 0. The van der Waals surface area contributed by atoms with Crippen molar-refractivity contribution in [3.63, 3.8) is 0 Å². The lowest BCUT2D eigenvalue weighted by Gasteiger charge is -2.22. The quantitative estimate of drug-likeness (QED) is 0.797. The van der Waals surface area contributed by atoms with Gasteiger partial charge in [0.2, 0.25) is 0 Å². The molecular weight excluding hydrogens is 222 g/mol. The van der Waals surface area contributed by atoms with E-state index in [2.05, 4.69) is 62.0 Å². The van der Waals surface area contributed by atoms with Gasteiger partial charge in [0.1, 0.15) is 5.82 Å². The Kier molecular flexibility index (Phi) is 5.96. The zero-order valence-electron chi connectivity index (χ0n) is 12.4. The van der Waals surface area contributed by atoms with Crippen LogP contribution in [0.5, 0.6) is 0 Å². The molecular formula is C15H27N3. The van der Waals surface area contributed by atoms with Crippen molar-refractivity contribution in [1.82, 2.24) is 4.98 Å². The maximum Gasteiger partial charge on any atom is 0.128 e. The first-order chi connectivity index (χ1) is 8.62. The molecule has 18 heavy (non-hydrogen) atoms. The van der Waals surface area contributed by atoms with Crippen molar-refractivity contribution >= 4 is 11.5 Å². The number of hydrogen-bond donors (Lipinski definition) is 1. The number of pyridine rings is 1. The van der Waals surface area contributed by atoms with Gasteiger partial charge in [-0.1, -0.05) is 20.3 Å². The van der Waals surface area contributed by atoms with Crippen molar-refractivity contribution in [3.8, 4) is 0 Å². The first-order valence-electron chi connectivity index (χ1n) is 7.09. The molecule has 0 aliphatic carbocycles. The van der Waals surface area contributed by atoms with Crippen molar-refractivity contribution in [2.24, 2.45) is 5.92 Å². The molecule has 1 aromatic rings. The van der Waals surface area contributed by atoms with E-state index in [-0.39, 0.29) is 0 Å². The van der Waals surface area contributed by atoms with Gasteiger partial charge in [-0.15, -0.1) is 0 Å². The Morgan fingerprint density at radius 1 is 1.17 bits per heavy atom. The molecule has 0 fully saturated rings. The molecule has 0 aromatic carbocycles. The lowest BCUT2D eigenvalue weighted by Crippen LogP contribution is -2.24. The molecule has 0 amide bonds. The first-order valence-corrected chi connectivity index (χ1v) is 7.09. The van der Waals surface area contributed by atoms with Crippen molar-refractivity contribution < 1.29 is 0 Å². The van der Waals surface area contributed by atoms with Crippen LogP contribution >= 0.6 is 0 Å². The second-order valence-electron chi connectivity index (χ2n) is 4.90. The highest BCUT2D eigenvalue weighted by Crippen LogP contribution is 2.17. The van der Waals surface area contributed by atoms with Gasteiger partial charge in [-0.05, 0) is 38.8 Å². The Bertz CT molecular complexity index is 330. The lowest BCUT2D eigenvalue weighted by atomic mass is 10.0. The molecule has 0 saturated heterocycles. The highest BCUT2D eigenvalue weighted by atomic mass is 15.2. The lowest BCUT2D eigenvalue weighted by molar-refractivity contribution is 0.494. The summed E-state index contributed by atoms with van der Waals surface area (Å²) in [7, 11) is 0. The summed E-state index contributed by atoms with van der Waals surface area (Å²) in [4.78, 5) is 6.77. The van der Waals surface area contributed by atoms with Gasteiger partial charge in [-0.3, -0.25) is 0 Å². The van der Waals surface area contributed by atoms with Crippen molar-refractivity contribution in [1.29, 1.82) is 0 Å². The monoisotopic (exact) mass is 249 g/mol. The van der Waals surface area contributed by atoms with E-state index >= 15 is 0 Å². The number of nitrogens with one attached hydrogen (secondary N) is 1. The summed E-state index contributed by atoms with van der Waals surface area (Å²) >= 11 is 0. The van der Waals surface area contributed by atoms with Crippen LogP contribution in [0.3, 0.4) is 0 Å². The fraction of sp³-hybridized carbons (Fsp3) is 0.667. The maximum atomic E-state index is 4.52. The van der Waals surface area contributed by atoms with Gasteiger partial charge in [0.15, 0.2) is 0 Å². The number of hydrogen-bond acceptors (Lipinski definition) is 3. The summed E-state index contributed by atoms with van der Waals surface area (Å²) in [6.45, 7) is 13.0. The molecule has 1 aromatic heterocycles. The second-order valence-corrected chi connectivity index (χ2v) is 4.90. The molecule has 1 rings (SSSR count). The number of nitrogens with zero attached hydrogens (tertiary/aromatic N) is 2. The van der Waals surface area contributed by atoms with Crippen LogP contribution in [0.25, 0.3) is 0 Å². The molecule has 3 heteroatoms. The molecule has 1 heterocycles. The summed E-state index contributed by atoms with van der Waals surface area (Å²) in [5.74, 6) is 1.73. The van der Waals surface area contributed by atoms with E-state index in [9.17, 15) is 0 Å². The standard InChI is InChI=1S/C15H27N3/c1-6-12(4)13(5)17-14-9-10-15(16-11-14)18(7-2)8-3/h9-13,17H,6-8H2,1-5H3. The van der Waals surface area contributed by atoms with E-state index in [1.807, 2.05) is 6.20 Å². The molecule has 2 unspecified atom stereocenters. The van der Waals surface area contributed by atoms with Gasteiger partial charge in [0, 0.05) is 19.1 Å². The summed E-state index contributed by atoms with van der Waals surface area (Å²) in [5.41, 5.74) is 1.11. The number of anilines is 2. The summed E-state index contributed by atoms with van der Waals surface area (Å²) in [6, 6.07) is 4.70. The van der Waals surface area contributed by atoms with Gasteiger partial charge in [-0.2, -0.15) is 0 Å². The van der Waals surface area contributed by atoms with Crippen molar-refractivity contribution in [3.05, 3.63) is 18.3 Å². The molecule has 0 aliphatic heterocycles. The third-order valence-electron chi connectivity index (χ3n) is 3.73. The second kappa shape index (κ2) is 7.24. The summed E-state index contributed by atoms with van der Waals surface area (Å²) in [6.07, 6.45) is 3.13. The van der Waals surface area contributed by atoms with E-state index in [1.54, 1.807) is 0 Å². The zero-order valence-corrected chi connectivity index (χ0v) is 12.4. The predicted molar refractivity (Wildman–Crippen MR) is 80.3 cm³/mol. The van der Waals surface area contributed by atoms with Crippen LogP contribution in [0.15, 0.2) is 18.3 Å². The van der Waals surface area contributed by atoms with Crippen LogP contribution < -0.4 is 10.2 Å². The predicted octanol–water partition coefficient (Wildman–Crippen LogP) is 3.77. The molecule has 3 nitrogen and oxygen atoms in total. The topological polar surface area (TPSA) is 28.2 Å². The molecule has 0 bridgehead atoms. The van der Waals surface area contributed by atoms with Gasteiger partial charge >= 0.3 is 0 Å². The average Bonchev–Trinajstić information content (AvgIpc) is 2.41. The minimum absolute atomic E-state index is 0.483. The molecule has 0 aliphatic rings. The Hall–Kier alpha value is -1.25. The van der Waals surface area contributed by atoms with Crippen LogP contribution in [0.4, 0.5) is 11.5 Å². The fourth-order valence-electron chi connectivity index (χ4n) is 1.96. The number of aromatic nitrogens is 1. The van der Waals surface area contributed by atoms with Crippen LogP contribution in [-0.4, -0.2) is 24.1 Å².